The van der Waals surface area contributed by atoms with Gasteiger partial charge in [-0.1, -0.05) is 44.2 Å². The molecule has 17 heavy (non-hydrogen) atoms. The fourth-order valence-corrected chi connectivity index (χ4v) is 2.03. The van der Waals surface area contributed by atoms with Gasteiger partial charge >= 0.3 is 0 Å². The number of benzene rings is 1. The largest absolute Gasteiger partial charge is 0.253 e. The molecule has 0 atom stereocenters. The standard InChI is InChI=1S/C13H17N3S/c1-9(13(2,3)4)15-16-12-14-10-7-5-6-8-11(10)17-12/h5-8H,1-4H3,(H,14,16). The van der Waals surface area contributed by atoms with Crippen LogP contribution in [-0.2, 0) is 0 Å². The molecule has 1 aromatic heterocycles. The van der Waals surface area contributed by atoms with Crippen LogP contribution in [0.2, 0.25) is 0 Å². The first kappa shape index (κ1) is 12.0. The Bertz CT molecular complexity index is 516. The Hall–Kier alpha value is -1.42. The number of aromatic nitrogens is 1. The number of nitrogens with one attached hydrogen (secondary N) is 1. The molecule has 0 unspecified atom stereocenters. The first-order chi connectivity index (χ1) is 7.97. The minimum absolute atomic E-state index is 0.0870. The monoisotopic (exact) mass is 247 g/mol. The van der Waals surface area contributed by atoms with Crippen molar-refractivity contribution >= 4 is 32.4 Å². The lowest BCUT2D eigenvalue weighted by molar-refractivity contribution is 0.587. The number of fused-ring (bicyclic) bond motifs is 1. The van der Waals surface area contributed by atoms with Gasteiger partial charge in [-0.05, 0) is 19.1 Å². The number of para-hydroxylation sites is 1. The molecular weight excluding hydrogens is 230 g/mol. The molecular formula is C13H17N3S. The van der Waals surface area contributed by atoms with Gasteiger partial charge in [0.05, 0.1) is 10.2 Å². The van der Waals surface area contributed by atoms with Crippen molar-refractivity contribution in [3.63, 3.8) is 0 Å². The van der Waals surface area contributed by atoms with Crippen LogP contribution in [0.15, 0.2) is 29.4 Å². The van der Waals surface area contributed by atoms with Crippen LogP contribution in [0.3, 0.4) is 0 Å². The molecule has 0 saturated heterocycles. The van der Waals surface area contributed by atoms with Crippen LogP contribution >= 0.6 is 11.3 Å². The van der Waals surface area contributed by atoms with Crippen LogP contribution < -0.4 is 5.43 Å². The van der Waals surface area contributed by atoms with Gasteiger partial charge in [-0.15, -0.1) is 0 Å². The Morgan fingerprint density at radius 2 is 2.00 bits per heavy atom. The summed E-state index contributed by atoms with van der Waals surface area (Å²) in [5, 5.41) is 5.22. The highest BCUT2D eigenvalue weighted by Crippen LogP contribution is 2.25. The number of nitrogens with zero attached hydrogens (tertiary/aromatic N) is 2. The lowest BCUT2D eigenvalue weighted by Gasteiger charge is -2.17. The average Bonchev–Trinajstić information content (AvgIpc) is 2.66. The summed E-state index contributed by atoms with van der Waals surface area (Å²) in [6, 6.07) is 8.10. The molecule has 0 fully saturated rings. The molecule has 1 N–H and O–H groups in total. The molecule has 0 aliphatic carbocycles. The van der Waals surface area contributed by atoms with Gasteiger partial charge in [-0.3, -0.25) is 5.43 Å². The minimum Gasteiger partial charge on any atom is -0.253 e. The van der Waals surface area contributed by atoms with E-state index in [1.807, 2.05) is 25.1 Å². The summed E-state index contributed by atoms with van der Waals surface area (Å²) in [5.74, 6) is 0. The third-order valence-corrected chi connectivity index (χ3v) is 3.64. The van der Waals surface area contributed by atoms with Gasteiger partial charge in [-0.2, -0.15) is 5.10 Å². The molecule has 0 aliphatic rings. The van der Waals surface area contributed by atoms with Crippen LogP contribution in [0.1, 0.15) is 27.7 Å². The number of hydrogen-bond acceptors (Lipinski definition) is 4. The number of anilines is 1. The maximum absolute atomic E-state index is 4.47. The normalized spacial score (nSPS) is 13.1. The molecule has 1 aromatic carbocycles. The summed E-state index contributed by atoms with van der Waals surface area (Å²) in [6.45, 7) is 8.46. The Labute approximate surface area is 106 Å². The third-order valence-electron chi connectivity index (χ3n) is 2.70. The molecule has 90 valence electrons. The maximum Gasteiger partial charge on any atom is 0.204 e. The van der Waals surface area contributed by atoms with Gasteiger partial charge in [0, 0.05) is 11.1 Å². The van der Waals surface area contributed by atoms with E-state index in [0.29, 0.717) is 0 Å². The molecule has 0 radical (unpaired) electrons. The highest BCUT2D eigenvalue weighted by Gasteiger charge is 2.14. The number of rotatable bonds is 2. The zero-order chi connectivity index (χ0) is 12.5. The molecule has 0 spiro atoms. The van der Waals surface area contributed by atoms with E-state index in [9.17, 15) is 0 Å². The van der Waals surface area contributed by atoms with Gasteiger partial charge in [0.15, 0.2) is 0 Å². The molecule has 2 rings (SSSR count). The summed E-state index contributed by atoms with van der Waals surface area (Å²) >= 11 is 1.62. The van der Waals surface area contributed by atoms with E-state index in [1.54, 1.807) is 11.3 Å². The van der Waals surface area contributed by atoms with Crippen LogP contribution in [0.4, 0.5) is 5.13 Å². The maximum atomic E-state index is 4.47. The first-order valence-electron chi connectivity index (χ1n) is 5.63. The van der Waals surface area contributed by atoms with E-state index >= 15 is 0 Å². The Morgan fingerprint density at radius 1 is 1.29 bits per heavy atom. The molecule has 1 heterocycles. The molecule has 0 aliphatic heterocycles. The Kier molecular flexibility index (Phi) is 3.15. The predicted octanol–water partition coefficient (Wildman–Crippen LogP) is 4.13. The van der Waals surface area contributed by atoms with Crippen LogP contribution in [0, 0.1) is 5.41 Å². The number of hydrazone groups is 1. The summed E-state index contributed by atoms with van der Waals surface area (Å²) in [4.78, 5) is 4.47. The highest BCUT2D eigenvalue weighted by molar-refractivity contribution is 7.22. The van der Waals surface area contributed by atoms with Crippen molar-refractivity contribution in [1.82, 2.24) is 4.98 Å². The first-order valence-corrected chi connectivity index (χ1v) is 6.45. The number of hydrogen-bond donors (Lipinski definition) is 1. The molecule has 3 nitrogen and oxygen atoms in total. The van der Waals surface area contributed by atoms with Crippen LogP contribution in [0.25, 0.3) is 10.2 Å². The fourth-order valence-electron chi connectivity index (χ4n) is 1.22. The van der Waals surface area contributed by atoms with E-state index in [1.165, 1.54) is 4.70 Å². The zero-order valence-electron chi connectivity index (χ0n) is 10.6. The van der Waals surface area contributed by atoms with Crippen LogP contribution in [-0.4, -0.2) is 10.7 Å². The lowest BCUT2D eigenvalue weighted by atomic mass is 9.91. The van der Waals surface area contributed by atoms with E-state index < -0.39 is 0 Å². The molecule has 0 bridgehead atoms. The third kappa shape index (κ3) is 2.82. The Morgan fingerprint density at radius 3 is 2.65 bits per heavy atom. The van der Waals surface area contributed by atoms with Gasteiger partial charge in [-0.25, -0.2) is 4.98 Å². The summed E-state index contributed by atoms with van der Waals surface area (Å²) in [6.07, 6.45) is 0. The summed E-state index contributed by atoms with van der Waals surface area (Å²) < 4.78 is 1.18. The van der Waals surface area contributed by atoms with Crippen molar-refractivity contribution in [2.75, 3.05) is 5.43 Å². The average molecular weight is 247 g/mol. The van der Waals surface area contributed by atoms with Gasteiger partial charge < -0.3 is 0 Å². The van der Waals surface area contributed by atoms with E-state index in [-0.39, 0.29) is 5.41 Å². The number of thiazole rings is 1. The van der Waals surface area contributed by atoms with Crippen molar-refractivity contribution in [3.8, 4) is 0 Å². The highest BCUT2D eigenvalue weighted by atomic mass is 32.1. The van der Waals surface area contributed by atoms with Gasteiger partial charge in [0.1, 0.15) is 0 Å². The molecule has 0 amide bonds. The molecule has 4 heteroatoms. The van der Waals surface area contributed by atoms with E-state index in [0.717, 1.165) is 16.4 Å². The predicted molar refractivity (Wildman–Crippen MR) is 75.8 cm³/mol. The van der Waals surface area contributed by atoms with Gasteiger partial charge in [0.2, 0.25) is 5.13 Å². The second-order valence-corrected chi connectivity index (χ2v) is 6.08. The fraction of sp³-hybridized carbons (Fsp3) is 0.385. The minimum atomic E-state index is 0.0870. The SMILES string of the molecule is CC(=NNc1nc2ccccc2s1)C(C)(C)C. The van der Waals surface area contributed by atoms with Crippen LogP contribution in [0.5, 0.6) is 0 Å². The topological polar surface area (TPSA) is 37.3 Å². The van der Waals surface area contributed by atoms with Crippen molar-refractivity contribution in [3.05, 3.63) is 24.3 Å². The van der Waals surface area contributed by atoms with Crippen molar-refractivity contribution < 1.29 is 0 Å². The Balaban J connectivity index is 2.19. The summed E-state index contributed by atoms with van der Waals surface area (Å²) in [5.41, 5.74) is 5.21. The van der Waals surface area contributed by atoms with Crippen molar-refractivity contribution in [2.45, 2.75) is 27.7 Å². The van der Waals surface area contributed by atoms with Crippen molar-refractivity contribution in [2.24, 2.45) is 10.5 Å². The van der Waals surface area contributed by atoms with Gasteiger partial charge in [0.25, 0.3) is 0 Å². The van der Waals surface area contributed by atoms with E-state index in [4.69, 9.17) is 0 Å². The summed E-state index contributed by atoms with van der Waals surface area (Å²) in [7, 11) is 0. The molecule has 2 aromatic rings. The lowest BCUT2D eigenvalue weighted by Crippen LogP contribution is -2.18. The second kappa shape index (κ2) is 4.45. The molecule has 0 saturated carbocycles. The zero-order valence-corrected chi connectivity index (χ0v) is 11.4. The quantitative estimate of drug-likeness (QED) is 0.640. The van der Waals surface area contributed by atoms with Crippen molar-refractivity contribution in [1.29, 1.82) is 0 Å². The van der Waals surface area contributed by atoms with E-state index in [2.05, 4.69) is 42.3 Å². The smallest absolute Gasteiger partial charge is 0.204 e. The second-order valence-electron chi connectivity index (χ2n) is 5.05.